The van der Waals surface area contributed by atoms with Crippen LogP contribution in [0, 0.1) is 0 Å². The highest BCUT2D eigenvalue weighted by Crippen LogP contribution is 2.26. The Morgan fingerprint density at radius 1 is 1.45 bits per heavy atom. The number of hydrogen-bond donors (Lipinski definition) is 1. The van der Waals surface area contributed by atoms with Crippen LogP contribution in [0.3, 0.4) is 0 Å². The van der Waals surface area contributed by atoms with Crippen LogP contribution in [0.25, 0.3) is 0 Å². The minimum Gasteiger partial charge on any atom is -0.376 e. The summed E-state index contributed by atoms with van der Waals surface area (Å²) < 4.78 is 0. The Hall–Kier alpha value is -0.310. The highest BCUT2D eigenvalue weighted by atomic mass is 32.1. The minimum atomic E-state index is 0.185. The van der Waals surface area contributed by atoms with Crippen molar-refractivity contribution in [2.45, 2.75) is 38.6 Å². The summed E-state index contributed by atoms with van der Waals surface area (Å²) >= 11 is 4.97. The van der Waals surface area contributed by atoms with E-state index in [9.17, 15) is 0 Å². The fraction of sp³-hybridized carbons (Fsp3) is 0.875. The van der Waals surface area contributed by atoms with Gasteiger partial charge in [-0.2, -0.15) is 0 Å². The van der Waals surface area contributed by atoms with Crippen molar-refractivity contribution in [3.8, 4) is 0 Å². The summed E-state index contributed by atoms with van der Waals surface area (Å²) in [5, 5.41) is 0.551. The molecule has 0 unspecified atom stereocenters. The van der Waals surface area contributed by atoms with Crippen molar-refractivity contribution in [2.24, 2.45) is 5.73 Å². The number of hydrogen-bond acceptors (Lipinski definition) is 1. The summed E-state index contributed by atoms with van der Waals surface area (Å²) in [6.45, 7) is 5.43. The average molecular weight is 172 g/mol. The second-order valence-corrected chi connectivity index (χ2v) is 4.18. The molecule has 1 fully saturated rings. The number of thiocarbonyl (C=S) groups is 1. The van der Waals surface area contributed by atoms with Gasteiger partial charge in [-0.15, -0.1) is 0 Å². The maximum atomic E-state index is 5.60. The Morgan fingerprint density at radius 2 is 2.09 bits per heavy atom. The molecule has 0 aliphatic carbocycles. The molecular formula is C8H16N2S. The Morgan fingerprint density at radius 3 is 2.45 bits per heavy atom. The van der Waals surface area contributed by atoms with Crippen molar-refractivity contribution in [1.29, 1.82) is 0 Å². The van der Waals surface area contributed by atoms with Crippen molar-refractivity contribution in [1.82, 2.24) is 4.90 Å². The van der Waals surface area contributed by atoms with E-state index in [1.807, 2.05) is 0 Å². The molecule has 64 valence electrons. The fourth-order valence-corrected chi connectivity index (χ4v) is 2.01. The molecule has 0 aromatic heterocycles. The molecule has 0 aromatic carbocycles. The molecule has 2 N–H and O–H groups in total. The van der Waals surface area contributed by atoms with Crippen molar-refractivity contribution >= 4 is 17.3 Å². The van der Waals surface area contributed by atoms with Gasteiger partial charge in [0.05, 0.1) is 0 Å². The smallest absolute Gasteiger partial charge is 0.166 e. The molecule has 0 saturated carbocycles. The first-order chi connectivity index (χ1) is 5.04. The van der Waals surface area contributed by atoms with Crippen LogP contribution in [0.15, 0.2) is 0 Å². The summed E-state index contributed by atoms with van der Waals surface area (Å²) in [7, 11) is 0. The maximum absolute atomic E-state index is 5.60. The normalized spacial score (nSPS) is 23.3. The standard InChI is InChI=1S/C8H16N2S/c1-8(2)5-3-4-6-10(8)7(9)11/h3-6H2,1-2H3,(H2,9,11). The molecule has 1 saturated heterocycles. The van der Waals surface area contributed by atoms with E-state index >= 15 is 0 Å². The lowest BCUT2D eigenvalue weighted by Gasteiger charge is -2.42. The molecule has 0 spiro atoms. The van der Waals surface area contributed by atoms with Crippen molar-refractivity contribution in [3.05, 3.63) is 0 Å². The highest BCUT2D eigenvalue weighted by Gasteiger charge is 2.29. The second-order valence-electron chi connectivity index (χ2n) is 3.76. The Bertz CT molecular complexity index is 165. The third-order valence-corrected chi connectivity index (χ3v) is 2.64. The highest BCUT2D eigenvalue weighted by molar-refractivity contribution is 7.80. The Balaban J connectivity index is 2.67. The van der Waals surface area contributed by atoms with Gasteiger partial charge in [-0.1, -0.05) is 0 Å². The number of nitrogens with two attached hydrogens (primary N) is 1. The number of rotatable bonds is 0. The minimum absolute atomic E-state index is 0.185. The SMILES string of the molecule is CC1(C)CCCCN1C(N)=S. The van der Waals surface area contributed by atoms with E-state index in [4.69, 9.17) is 18.0 Å². The summed E-state index contributed by atoms with van der Waals surface area (Å²) in [6, 6.07) is 0. The van der Waals surface area contributed by atoms with Gasteiger partial charge in [0.25, 0.3) is 0 Å². The van der Waals surface area contributed by atoms with E-state index in [1.165, 1.54) is 19.3 Å². The van der Waals surface area contributed by atoms with Gasteiger partial charge in [-0.25, -0.2) is 0 Å². The molecule has 0 bridgehead atoms. The van der Waals surface area contributed by atoms with Crippen LogP contribution >= 0.6 is 12.2 Å². The van der Waals surface area contributed by atoms with Gasteiger partial charge in [0, 0.05) is 12.1 Å². The predicted molar refractivity (Wildman–Crippen MR) is 51.4 cm³/mol. The molecule has 0 atom stereocenters. The van der Waals surface area contributed by atoms with E-state index in [0.717, 1.165) is 6.54 Å². The van der Waals surface area contributed by atoms with Crippen molar-refractivity contribution < 1.29 is 0 Å². The third-order valence-electron chi connectivity index (χ3n) is 2.42. The second kappa shape index (κ2) is 2.97. The lowest BCUT2D eigenvalue weighted by Crippen LogP contribution is -2.52. The zero-order valence-electron chi connectivity index (χ0n) is 7.26. The molecule has 1 aliphatic rings. The van der Waals surface area contributed by atoms with Gasteiger partial charge in [0.2, 0.25) is 0 Å². The molecule has 0 aromatic rings. The van der Waals surface area contributed by atoms with Crippen LogP contribution in [0.1, 0.15) is 33.1 Å². The summed E-state index contributed by atoms with van der Waals surface area (Å²) in [6.07, 6.45) is 3.72. The molecular weight excluding hydrogens is 156 g/mol. The summed E-state index contributed by atoms with van der Waals surface area (Å²) in [5.74, 6) is 0. The first-order valence-corrected chi connectivity index (χ1v) is 4.52. The molecule has 0 amide bonds. The van der Waals surface area contributed by atoms with Crippen LogP contribution in [0.5, 0.6) is 0 Å². The zero-order chi connectivity index (χ0) is 8.48. The Kier molecular flexibility index (Phi) is 2.37. The summed E-state index contributed by atoms with van der Waals surface area (Å²) in [4.78, 5) is 2.13. The zero-order valence-corrected chi connectivity index (χ0v) is 8.08. The van der Waals surface area contributed by atoms with E-state index in [1.54, 1.807) is 0 Å². The Labute approximate surface area is 73.7 Å². The van der Waals surface area contributed by atoms with Gasteiger partial charge in [-0.05, 0) is 45.3 Å². The number of piperidine rings is 1. The van der Waals surface area contributed by atoms with E-state index in [2.05, 4.69) is 18.7 Å². The largest absolute Gasteiger partial charge is 0.376 e. The third kappa shape index (κ3) is 1.83. The number of likely N-dealkylation sites (tertiary alicyclic amines) is 1. The quantitative estimate of drug-likeness (QED) is 0.561. The average Bonchev–Trinajstić information content (AvgIpc) is 1.85. The predicted octanol–water partition coefficient (Wildman–Crippen LogP) is 1.49. The van der Waals surface area contributed by atoms with E-state index in [-0.39, 0.29) is 5.54 Å². The maximum Gasteiger partial charge on any atom is 0.166 e. The van der Waals surface area contributed by atoms with E-state index < -0.39 is 0 Å². The molecule has 2 nitrogen and oxygen atoms in total. The lowest BCUT2D eigenvalue weighted by molar-refractivity contribution is 0.158. The first kappa shape index (κ1) is 8.78. The topological polar surface area (TPSA) is 29.3 Å². The van der Waals surface area contributed by atoms with Crippen LogP contribution in [0.4, 0.5) is 0 Å². The van der Waals surface area contributed by atoms with Gasteiger partial charge in [-0.3, -0.25) is 0 Å². The lowest BCUT2D eigenvalue weighted by atomic mass is 9.91. The van der Waals surface area contributed by atoms with Gasteiger partial charge in [0.1, 0.15) is 0 Å². The molecule has 3 heteroatoms. The van der Waals surface area contributed by atoms with Gasteiger partial charge in [0.15, 0.2) is 5.11 Å². The van der Waals surface area contributed by atoms with Crippen molar-refractivity contribution in [3.63, 3.8) is 0 Å². The van der Waals surface area contributed by atoms with E-state index in [0.29, 0.717) is 5.11 Å². The molecule has 0 radical (unpaired) electrons. The number of nitrogens with zero attached hydrogens (tertiary/aromatic N) is 1. The van der Waals surface area contributed by atoms with Crippen LogP contribution in [0.2, 0.25) is 0 Å². The van der Waals surface area contributed by atoms with Crippen LogP contribution < -0.4 is 5.73 Å². The monoisotopic (exact) mass is 172 g/mol. The first-order valence-electron chi connectivity index (χ1n) is 4.11. The van der Waals surface area contributed by atoms with Crippen LogP contribution in [-0.4, -0.2) is 22.1 Å². The molecule has 1 heterocycles. The van der Waals surface area contributed by atoms with Gasteiger partial charge >= 0.3 is 0 Å². The molecule has 1 rings (SSSR count). The molecule has 11 heavy (non-hydrogen) atoms. The van der Waals surface area contributed by atoms with Gasteiger partial charge < -0.3 is 10.6 Å². The van der Waals surface area contributed by atoms with Crippen molar-refractivity contribution in [2.75, 3.05) is 6.54 Å². The fourth-order valence-electron chi connectivity index (χ4n) is 1.67. The summed E-state index contributed by atoms with van der Waals surface area (Å²) in [5.41, 5.74) is 5.78. The molecule has 1 aliphatic heterocycles. The van der Waals surface area contributed by atoms with Crippen LogP contribution in [-0.2, 0) is 0 Å².